The summed E-state index contributed by atoms with van der Waals surface area (Å²) in [5.41, 5.74) is 0.317. The Labute approximate surface area is 146 Å². The zero-order valence-electron chi connectivity index (χ0n) is 14.1. The number of aliphatic imine (C=N–C) groups is 1. The van der Waals surface area contributed by atoms with Gasteiger partial charge < -0.3 is 9.47 Å². The molecule has 0 N–H and O–H groups in total. The van der Waals surface area contributed by atoms with Gasteiger partial charge in [0.2, 0.25) is 5.41 Å². The summed E-state index contributed by atoms with van der Waals surface area (Å²) in [6.45, 7) is 0.304. The van der Waals surface area contributed by atoms with Crippen LogP contribution in [0.5, 0.6) is 0 Å². The first-order chi connectivity index (χ1) is 12.2. The Balaban J connectivity index is 2.22. The van der Waals surface area contributed by atoms with Gasteiger partial charge >= 0.3 is 11.9 Å². The second-order valence-electron chi connectivity index (χ2n) is 5.81. The fourth-order valence-electron chi connectivity index (χ4n) is 3.45. The van der Waals surface area contributed by atoms with E-state index in [0.29, 0.717) is 17.8 Å². The topological polar surface area (TPSA) is 65.0 Å². The van der Waals surface area contributed by atoms with Crippen LogP contribution in [0.25, 0.3) is 0 Å². The van der Waals surface area contributed by atoms with E-state index in [1.807, 2.05) is 60.7 Å². The lowest BCUT2D eigenvalue weighted by atomic mass is 9.69. The maximum Gasteiger partial charge on any atom is 0.330 e. The number of hydrogen-bond acceptors (Lipinski definition) is 5. The van der Waals surface area contributed by atoms with Crippen molar-refractivity contribution < 1.29 is 19.1 Å². The molecule has 25 heavy (non-hydrogen) atoms. The predicted octanol–water partition coefficient (Wildman–Crippen LogP) is 2.61. The zero-order chi connectivity index (χ0) is 17.9. The van der Waals surface area contributed by atoms with E-state index in [1.54, 1.807) is 0 Å². The van der Waals surface area contributed by atoms with Crippen molar-refractivity contribution in [2.75, 3.05) is 20.8 Å². The molecule has 0 aliphatic carbocycles. The highest BCUT2D eigenvalue weighted by molar-refractivity contribution is 6.29. The number of carbonyl (C=O) groups excluding carboxylic acids is 2. The van der Waals surface area contributed by atoms with Gasteiger partial charge in [-0.2, -0.15) is 0 Å². The second kappa shape index (κ2) is 6.89. The summed E-state index contributed by atoms with van der Waals surface area (Å²) in [5.74, 6) is -1.80. The van der Waals surface area contributed by atoms with Gasteiger partial charge in [-0.3, -0.25) is 14.6 Å². The van der Waals surface area contributed by atoms with E-state index in [0.717, 1.165) is 5.56 Å². The van der Waals surface area contributed by atoms with Crippen LogP contribution in [0.15, 0.2) is 65.7 Å². The SMILES string of the molecule is COC(=O)C1(C(=O)OC)C(c2ccccc2)=NCC1c1ccccc1. The fraction of sp³-hybridized carbons (Fsp3) is 0.250. The lowest BCUT2D eigenvalue weighted by Gasteiger charge is -2.31. The molecule has 3 rings (SSSR count). The van der Waals surface area contributed by atoms with Gasteiger partial charge in [0.25, 0.3) is 0 Å². The fourth-order valence-corrected chi connectivity index (χ4v) is 3.45. The van der Waals surface area contributed by atoms with E-state index < -0.39 is 23.3 Å². The van der Waals surface area contributed by atoms with E-state index in [-0.39, 0.29) is 0 Å². The summed E-state index contributed by atoms with van der Waals surface area (Å²) < 4.78 is 10.1. The number of rotatable bonds is 4. The van der Waals surface area contributed by atoms with Crippen molar-refractivity contribution in [3.05, 3.63) is 71.8 Å². The number of benzene rings is 2. The average Bonchev–Trinajstić information content (AvgIpc) is 3.09. The average molecular weight is 337 g/mol. The standard InChI is InChI=1S/C20H19NO4/c1-24-18(22)20(19(23)25-2)16(14-9-5-3-6-10-14)13-21-17(20)15-11-7-4-8-12-15/h3-12,16H,13H2,1-2H3. The zero-order valence-corrected chi connectivity index (χ0v) is 14.1. The summed E-state index contributed by atoms with van der Waals surface area (Å²) >= 11 is 0. The van der Waals surface area contributed by atoms with Crippen molar-refractivity contribution in [2.24, 2.45) is 10.4 Å². The van der Waals surface area contributed by atoms with Gasteiger partial charge in [0.05, 0.1) is 19.9 Å². The van der Waals surface area contributed by atoms with E-state index in [9.17, 15) is 9.59 Å². The minimum Gasteiger partial charge on any atom is -0.468 e. The first-order valence-corrected chi connectivity index (χ1v) is 7.98. The van der Waals surface area contributed by atoms with Crippen molar-refractivity contribution in [2.45, 2.75) is 5.92 Å². The molecular weight excluding hydrogens is 318 g/mol. The molecule has 1 atom stereocenters. The number of nitrogens with zero attached hydrogens (tertiary/aromatic N) is 1. The Hall–Kier alpha value is -2.95. The number of ether oxygens (including phenoxy) is 2. The maximum atomic E-state index is 12.9. The predicted molar refractivity (Wildman–Crippen MR) is 93.5 cm³/mol. The molecule has 1 unspecified atom stereocenters. The van der Waals surface area contributed by atoms with Crippen molar-refractivity contribution in [3.63, 3.8) is 0 Å². The lowest BCUT2D eigenvalue weighted by Crippen LogP contribution is -2.50. The normalized spacial score (nSPS) is 18.3. The Kier molecular flexibility index (Phi) is 4.65. The van der Waals surface area contributed by atoms with Gasteiger partial charge in [0.1, 0.15) is 0 Å². The highest BCUT2D eigenvalue weighted by atomic mass is 16.5. The van der Waals surface area contributed by atoms with Crippen molar-refractivity contribution >= 4 is 17.7 Å². The summed E-state index contributed by atoms with van der Waals surface area (Å²) in [5, 5.41) is 0. The van der Waals surface area contributed by atoms with Crippen LogP contribution in [0.3, 0.4) is 0 Å². The third-order valence-corrected chi connectivity index (χ3v) is 4.59. The molecule has 0 amide bonds. The van der Waals surface area contributed by atoms with Crippen molar-refractivity contribution in [3.8, 4) is 0 Å². The molecule has 1 heterocycles. The smallest absolute Gasteiger partial charge is 0.330 e. The quantitative estimate of drug-likeness (QED) is 0.635. The van der Waals surface area contributed by atoms with Crippen LogP contribution in [0.4, 0.5) is 0 Å². The number of carbonyl (C=O) groups is 2. The number of esters is 2. The highest BCUT2D eigenvalue weighted by Crippen LogP contribution is 2.46. The monoisotopic (exact) mass is 337 g/mol. The van der Waals surface area contributed by atoms with Gasteiger partial charge in [-0.05, 0) is 11.1 Å². The first kappa shape index (κ1) is 16.9. The number of hydrogen-bond donors (Lipinski definition) is 0. The van der Waals surface area contributed by atoms with Crippen LogP contribution in [-0.2, 0) is 19.1 Å². The van der Waals surface area contributed by atoms with Crippen LogP contribution in [0.2, 0.25) is 0 Å². The molecule has 0 bridgehead atoms. The molecule has 0 spiro atoms. The van der Waals surface area contributed by atoms with Crippen LogP contribution in [-0.4, -0.2) is 38.4 Å². The van der Waals surface area contributed by atoms with Crippen LogP contribution >= 0.6 is 0 Å². The molecule has 0 saturated carbocycles. The molecular formula is C20H19NO4. The van der Waals surface area contributed by atoms with Gasteiger partial charge in [-0.1, -0.05) is 60.7 Å². The summed E-state index contributed by atoms with van der Waals surface area (Å²) in [6, 6.07) is 18.6. The highest BCUT2D eigenvalue weighted by Gasteiger charge is 2.61. The number of methoxy groups -OCH3 is 2. The molecule has 128 valence electrons. The molecule has 5 nitrogen and oxygen atoms in total. The Morgan fingerprint density at radius 2 is 1.44 bits per heavy atom. The van der Waals surface area contributed by atoms with Crippen molar-refractivity contribution in [1.82, 2.24) is 0 Å². The van der Waals surface area contributed by atoms with Crippen LogP contribution in [0, 0.1) is 5.41 Å². The second-order valence-corrected chi connectivity index (χ2v) is 5.81. The van der Waals surface area contributed by atoms with Gasteiger partial charge in [0, 0.05) is 12.5 Å². The van der Waals surface area contributed by atoms with Crippen molar-refractivity contribution in [1.29, 1.82) is 0 Å². The van der Waals surface area contributed by atoms with E-state index in [1.165, 1.54) is 14.2 Å². The summed E-state index contributed by atoms with van der Waals surface area (Å²) in [6.07, 6.45) is 0. The maximum absolute atomic E-state index is 12.9. The molecule has 0 aromatic heterocycles. The largest absolute Gasteiger partial charge is 0.468 e. The third-order valence-electron chi connectivity index (χ3n) is 4.59. The lowest BCUT2D eigenvalue weighted by molar-refractivity contribution is -0.164. The van der Waals surface area contributed by atoms with Gasteiger partial charge in [-0.15, -0.1) is 0 Å². The Morgan fingerprint density at radius 1 is 0.920 bits per heavy atom. The third kappa shape index (κ3) is 2.61. The molecule has 5 heteroatoms. The van der Waals surface area contributed by atoms with E-state index >= 15 is 0 Å². The molecule has 2 aromatic rings. The Bertz CT molecular complexity index is 783. The van der Waals surface area contributed by atoms with Crippen LogP contribution < -0.4 is 0 Å². The molecule has 0 fully saturated rings. The van der Waals surface area contributed by atoms with E-state index in [2.05, 4.69) is 4.99 Å². The summed E-state index contributed by atoms with van der Waals surface area (Å²) in [7, 11) is 2.55. The minimum atomic E-state index is -1.62. The van der Waals surface area contributed by atoms with E-state index in [4.69, 9.17) is 9.47 Å². The summed E-state index contributed by atoms with van der Waals surface area (Å²) in [4.78, 5) is 30.4. The molecule has 0 saturated heterocycles. The molecule has 1 aliphatic rings. The molecule has 1 aliphatic heterocycles. The molecule has 0 radical (unpaired) electrons. The van der Waals surface area contributed by atoms with Gasteiger partial charge in [0.15, 0.2) is 0 Å². The van der Waals surface area contributed by atoms with Gasteiger partial charge in [-0.25, -0.2) is 0 Å². The minimum absolute atomic E-state index is 0.304. The van der Waals surface area contributed by atoms with Crippen LogP contribution in [0.1, 0.15) is 17.0 Å². The molecule has 2 aromatic carbocycles. The first-order valence-electron chi connectivity index (χ1n) is 7.98. The Morgan fingerprint density at radius 3 is 1.96 bits per heavy atom.